The molecule has 5 heteroatoms. The molecule has 1 fully saturated rings. The summed E-state index contributed by atoms with van der Waals surface area (Å²) in [5.41, 5.74) is 7.41. The second kappa shape index (κ2) is 9.70. The van der Waals surface area contributed by atoms with Gasteiger partial charge in [-0.3, -0.25) is 4.79 Å². The molecular formula is C21H26ClFN2O. The van der Waals surface area contributed by atoms with Gasteiger partial charge in [0.15, 0.2) is 0 Å². The first-order valence-corrected chi connectivity index (χ1v) is 8.98. The molecule has 1 aliphatic rings. The Hall–Kier alpha value is -1.91. The molecule has 0 aliphatic heterocycles. The van der Waals surface area contributed by atoms with E-state index in [0.29, 0.717) is 18.5 Å². The average Bonchev–Trinajstić information content (AvgIpc) is 3.11. The maximum absolute atomic E-state index is 14.3. The number of rotatable bonds is 6. The van der Waals surface area contributed by atoms with E-state index in [4.69, 9.17) is 5.73 Å². The molecule has 1 aliphatic carbocycles. The van der Waals surface area contributed by atoms with Gasteiger partial charge in [0, 0.05) is 11.5 Å². The number of nitrogens with two attached hydrogens (primary N) is 1. The Morgan fingerprint density at radius 1 is 1.12 bits per heavy atom. The monoisotopic (exact) mass is 376 g/mol. The van der Waals surface area contributed by atoms with Crippen molar-refractivity contribution in [3.63, 3.8) is 0 Å². The van der Waals surface area contributed by atoms with Gasteiger partial charge in [-0.15, -0.1) is 12.4 Å². The van der Waals surface area contributed by atoms with Gasteiger partial charge in [0.05, 0.1) is 6.04 Å². The second-order valence-electron chi connectivity index (χ2n) is 6.81. The van der Waals surface area contributed by atoms with E-state index in [1.165, 1.54) is 6.07 Å². The van der Waals surface area contributed by atoms with Crippen molar-refractivity contribution in [1.29, 1.82) is 0 Å². The lowest BCUT2D eigenvalue weighted by Gasteiger charge is -2.24. The molecule has 3 nitrogen and oxygen atoms in total. The first-order valence-electron chi connectivity index (χ1n) is 8.98. The molecule has 2 aromatic carbocycles. The number of carbonyl (C=O) groups is 1. The predicted octanol–water partition coefficient (Wildman–Crippen LogP) is 4.02. The van der Waals surface area contributed by atoms with E-state index in [2.05, 4.69) is 5.32 Å². The first-order chi connectivity index (χ1) is 12.2. The molecule has 26 heavy (non-hydrogen) atoms. The van der Waals surface area contributed by atoms with Crippen LogP contribution in [0.5, 0.6) is 0 Å². The fourth-order valence-electron chi connectivity index (χ4n) is 3.79. The third-order valence-corrected chi connectivity index (χ3v) is 5.18. The number of amides is 1. The van der Waals surface area contributed by atoms with Gasteiger partial charge in [0.1, 0.15) is 5.82 Å². The Morgan fingerprint density at radius 3 is 2.50 bits per heavy atom. The molecule has 0 radical (unpaired) electrons. The van der Waals surface area contributed by atoms with Gasteiger partial charge in [0.25, 0.3) is 0 Å². The quantitative estimate of drug-likeness (QED) is 0.799. The Bertz CT molecular complexity index is 710. The molecule has 1 amide bonds. The molecule has 0 heterocycles. The summed E-state index contributed by atoms with van der Waals surface area (Å²) in [5.74, 6) is -0.115. The minimum atomic E-state index is -0.380. The molecule has 0 spiro atoms. The molecule has 2 aromatic rings. The fourth-order valence-corrected chi connectivity index (χ4v) is 3.79. The van der Waals surface area contributed by atoms with Gasteiger partial charge in [-0.1, -0.05) is 55.0 Å². The molecule has 1 saturated carbocycles. The van der Waals surface area contributed by atoms with Crippen molar-refractivity contribution in [2.45, 2.75) is 31.7 Å². The Labute approximate surface area is 160 Å². The van der Waals surface area contributed by atoms with Crippen molar-refractivity contribution in [3.8, 4) is 0 Å². The molecule has 1 unspecified atom stereocenters. The summed E-state index contributed by atoms with van der Waals surface area (Å²) >= 11 is 0. The van der Waals surface area contributed by atoms with Crippen molar-refractivity contribution in [2.24, 2.45) is 17.6 Å². The number of hydrogen-bond donors (Lipinski definition) is 2. The minimum Gasteiger partial charge on any atom is -0.349 e. The van der Waals surface area contributed by atoms with Crippen LogP contribution < -0.4 is 11.1 Å². The van der Waals surface area contributed by atoms with E-state index in [0.717, 1.165) is 24.8 Å². The number of halogens is 2. The van der Waals surface area contributed by atoms with E-state index in [1.54, 1.807) is 18.2 Å². The van der Waals surface area contributed by atoms with Crippen LogP contribution in [0.4, 0.5) is 4.39 Å². The predicted molar refractivity (Wildman–Crippen MR) is 105 cm³/mol. The summed E-state index contributed by atoms with van der Waals surface area (Å²) in [5, 5.41) is 3.09. The van der Waals surface area contributed by atoms with Crippen LogP contribution in [0.15, 0.2) is 54.6 Å². The highest BCUT2D eigenvalue weighted by atomic mass is 35.5. The molecule has 0 aromatic heterocycles. The van der Waals surface area contributed by atoms with Gasteiger partial charge in [-0.05, 0) is 43.4 Å². The number of benzene rings is 2. The minimum absolute atomic E-state index is 0. The summed E-state index contributed by atoms with van der Waals surface area (Å²) < 4.78 is 14.3. The third-order valence-electron chi connectivity index (χ3n) is 5.18. The van der Waals surface area contributed by atoms with Crippen LogP contribution in [0.1, 0.15) is 36.4 Å². The van der Waals surface area contributed by atoms with Crippen molar-refractivity contribution in [3.05, 3.63) is 71.5 Å². The van der Waals surface area contributed by atoms with Crippen molar-refractivity contribution >= 4 is 18.3 Å². The van der Waals surface area contributed by atoms with Crippen LogP contribution in [0, 0.1) is 17.7 Å². The number of hydrogen-bond acceptors (Lipinski definition) is 2. The highest BCUT2D eigenvalue weighted by molar-refractivity contribution is 5.85. The second-order valence-corrected chi connectivity index (χ2v) is 6.81. The van der Waals surface area contributed by atoms with Gasteiger partial charge < -0.3 is 11.1 Å². The van der Waals surface area contributed by atoms with E-state index >= 15 is 0 Å². The lowest BCUT2D eigenvalue weighted by molar-refractivity contribution is -0.126. The lowest BCUT2D eigenvalue weighted by atomic mass is 9.93. The topological polar surface area (TPSA) is 55.1 Å². The number of nitrogens with one attached hydrogen (secondary N) is 1. The third kappa shape index (κ3) is 4.83. The Kier molecular flexibility index (Phi) is 7.61. The zero-order valence-corrected chi connectivity index (χ0v) is 15.6. The SMILES string of the molecule is Cl.NC[C@H]1CCC[C@H]1C(=O)NC(Cc1ccccc1)c1ccccc1F. The van der Waals surface area contributed by atoms with Gasteiger partial charge in [-0.25, -0.2) is 4.39 Å². The maximum atomic E-state index is 14.3. The van der Waals surface area contributed by atoms with E-state index < -0.39 is 0 Å². The smallest absolute Gasteiger partial charge is 0.223 e. The normalized spacial score (nSPS) is 20.2. The molecule has 3 atom stereocenters. The summed E-state index contributed by atoms with van der Waals surface area (Å²) in [6.45, 7) is 0.529. The van der Waals surface area contributed by atoms with Crippen molar-refractivity contribution < 1.29 is 9.18 Å². The van der Waals surface area contributed by atoms with E-state index in [9.17, 15) is 9.18 Å². The maximum Gasteiger partial charge on any atom is 0.223 e. The highest BCUT2D eigenvalue weighted by Gasteiger charge is 2.33. The van der Waals surface area contributed by atoms with Crippen LogP contribution in [0.3, 0.4) is 0 Å². The van der Waals surface area contributed by atoms with Gasteiger partial charge >= 0.3 is 0 Å². The zero-order valence-electron chi connectivity index (χ0n) is 14.7. The van der Waals surface area contributed by atoms with Crippen LogP contribution >= 0.6 is 12.4 Å². The largest absolute Gasteiger partial charge is 0.349 e. The van der Waals surface area contributed by atoms with Gasteiger partial charge in [0.2, 0.25) is 5.91 Å². The van der Waals surface area contributed by atoms with Crippen LogP contribution in [0.25, 0.3) is 0 Å². The molecular weight excluding hydrogens is 351 g/mol. The standard InChI is InChI=1S/C21H25FN2O.ClH/c22-19-12-5-4-10-18(19)20(13-15-7-2-1-3-8-15)24-21(25)17-11-6-9-16(17)14-23;/h1-5,7-8,10,12,16-17,20H,6,9,11,13-14,23H2,(H,24,25);1H/t16-,17-,20?;/m1./s1. The van der Waals surface area contributed by atoms with Gasteiger partial charge in [-0.2, -0.15) is 0 Å². The molecule has 0 saturated heterocycles. The highest BCUT2D eigenvalue weighted by Crippen LogP contribution is 2.32. The summed E-state index contributed by atoms with van der Waals surface area (Å²) in [6, 6.07) is 16.1. The molecule has 0 bridgehead atoms. The average molecular weight is 377 g/mol. The van der Waals surface area contributed by atoms with Crippen LogP contribution in [-0.4, -0.2) is 12.5 Å². The zero-order chi connectivity index (χ0) is 17.6. The Morgan fingerprint density at radius 2 is 1.81 bits per heavy atom. The number of carbonyl (C=O) groups excluding carboxylic acids is 1. The lowest BCUT2D eigenvalue weighted by Crippen LogP contribution is -2.38. The van der Waals surface area contributed by atoms with E-state index in [-0.39, 0.29) is 42.0 Å². The summed E-state index contributed by atoms with van der Waals surface area (Å²) in [7, 11) is 0. The van der Waals surface area contributed by atoms with Crippen molar-refractivity contribution in [2.75, 3.05) is 6.54 Å². The fraction of sp³-hybridized carbons (Fsp3) is 0.381. The first kappa shape index (κ1) is 20.4. The van der Waals surface area contributed by atoms with Crippen molar-refractivity contribution in [1.82, 2.24) is 5.32 Å². The Balaban J connectivity index is 0.00000243. The molecule has 3 N–H and O–H groups in total. The van der Waals surface area contributed by atoms with Crippen LogP contribution in [0.2, 0.25) is 0 Å². The van der Waals surface area contributed by atoms with Crippen LogP contribution in [-0.2, 0) is 11.2 Å². The summed E-state index contributed by atoms with van der Waals surface area (Å²) in [4.78, 5) is 12.8. The molecule has 3 rings (SSSR count). The molecule has 140 valence electrons. The summed E-state index contributed by atoms with van der Waals surface area (Å²) in [6.07, 6.45) is 3.46. The van der Waals surface area contributed by atoms with E-state index in [1.807, 2.05) is 30.3 Å².